The molecule has 2 aliphatic heterocycles. The second kappa shape index (κ2) is 5.74. The lowest BCUT2D eigenvalue weighted by Crippen LogP contribution is -2.29. The number of nitrogens with zero attached hydrogens (tertiary/aromatic N) is 2. The topological polar surface area (TPSA) is 23.6 Å². The van der Waals surface area contributed by atoms with Crippen molar-refractivity contribution in [1.29, 1.82) is 0 Å². The van der Waals surface area contributed by atoms with Gasteiger partial charge in [-0.3, -0.25) is 9.69 Å². The van der Waals surface area contributed by atoms with Crippen LogP contribution in [0.1, 0.15) is 41.6 Å². The van der Waals surface area contributed by atoms with E-state index in [4.69, 9.17) is 0 Å². The minimum atomic E-state index is 0.229. The van der Waals surface area contributed by atoms with E-state index in [1.807, 2.05) is 23.1 Å². The molecule has 0 bridgehead atoms. The van der Waals surface area contributed by atoms with Crippen LogP contribution in [0, 0.1) is 0 Å². The number of carbonyl (C=O) groups is 1. The molecule has 1 amide bonds. The van der Waals surface area contributed by atoms with E-state index < -0.39 is 0 Å². The second-order valence-electron chi connectivity index (χ2n) is 5.64. The Morgan fingerprint density at radius 2 is 1.58 bits per heavy atom. The van der Waals surface area contributed by atoms with Crippen molar-refractivity contribution in [2.45, 2.75) is 32.2 Å². The number of hydrogen-bond acceptors (Lipinski definition) is 2. The predicted molar refractivity (Wildman–Crippen MR) is 76.1 cm³/mol. The smallest absolute Gasteiger partial charge is 0.254 e. The maximum absolute atomic E-state index is 12.5. The van der Waals surface area contributed by atoms with Crippen LogP contribution in [-0.2, 0) is 6.54 Å². The van der Waals surface area contributed by atoms with Crippen molar-refractivity contribution in [3.63, 3.8) is 0 Å². The normalized spacial score (nSPS) is 20.1. The van der Waals surface area contributed by atoms with Crippen molar-refractivity contribution in [2.75, 3.05) is 26.2 Å². The Hall–Kier alpha value is -1.35. The van der Waals surface area contributed by atoms with Crippen molar-refractivity contribution >= 4 is 5.91 Å². The third-order valence-corrected chi connectivity index (χ3v) is 4.23. The van der Waals surface area contributed by atoms with E-state index in [0.717, 1.165) is 38.0 Å². The molecule has 0 aliphatic carbocycles. The Kier molecular flexibility index (Phi) is 3.83. The van der Waals surface area contributed by atoms with Crippen LogP contribution in [0.4, 0.5) is 0 Å². The highest BCUT2D eigenvalue weighted by molar-refractivity contribution is 5.95. The fourth-order valence-corrected chi connectivity index (χ4v) is 3.14. The van der Waals surface area contributed by atoms with Gasteiger partial charge in [0.1, 0.15) is 0 Å². The Balaban J connectivity index is 1.77. The van der Waals surface area contributed by atoms with Gasteiger partial charge >= 0.3 is 0 Å². The zero-order valence-corrected chi connectivity index (χ0v) is 11.5. The van der Waals surface area contributed by atoms with Gasteiger partial charge in [0.25, 0.3) is 5.91 Å². The molecular formula is C16H22N2O. The van der Waals surface area contributed by atoms with Crippen LogP contribution in [0.2, 0.25) is 0 Å². The van der Waals surface area contributed by atoms with Crippen molar-refractivity contribution in [3.8, 4) is 0 Å². The Bertz CT molecular complexity index is 446. The van der Waals surface area contributed by atoms with E-state index in [1.165, 1.54) is 31.5 Å². The Labute approximate surface area is 115 Å². The van der Waals surface area contributed by atoms with Crippen LogP contribution in [0.3, 0.4) is 0 Å². The first kappa shape index (κ1) is 12.7. The molecule has 1 aromatic rings. The van der Waals surface area contributed by atoms with Gasteiger partial charge in [-0.2, -0.15) is 0 Å². The third kappa shape index (κ3) is 2.81. The molecule has 3 nitrogen and oxygen atoms in total. The quantitative estimate of drug-likeness (QED) is 0.831. The molecule has 1 aromatic carbocycles. The van der Waals surface area contributed by atoms with Crippen LogP contribution in [0.5, 0.6) is 0 Å². The summed E-state index contributed by atoms with van der Waals surface area (Å²) in [7, 11) is 0. The largest absolute Gasteiger partial charge is 0.339 e. The fourth-order valence-electron chi connectivity index (χ4n) is 3.14. The minimum Gasteiger partial charge on any atom is -0.339 e. The highest BCUT2D eigenvalue weighted by Gasteiger charge is 2.22. The monoisotopic (exact) mass is 258 g/mol. The maximum atomic E-state index is 12.5. The van der Waals surface area contributed by atoms with Gasteiger partial charge in [-0.1, -0.05) is 18.2 Å². The average molecular weight is 258 g/mol. The molecule has 0 saturated carbocycles. The molecule has 3 heteroatoms. The number of benzene rings is 1. The molecule has 0 N–H and O–H groups in total. The van der Waals surface area contributed by atoms with Gasteiger partial charge in [0.2, 0.25) is 0 Å². The van der Waals surface area contributed by atoms with Crippen molar-refractivity contribution in [2.24, 2.45) is 0 Å². The van der Waals surface area contributed by atoms with Gasteiger partial charge in [0.05, 0.1) is 0 Å². The van der Waals surface area contributed by atoms with Crippen LogP contribution >= 0.6 is 0 Å². The van der Waals surface area contributed by atoms with Gasteiger partial charge in [-0.15, -0.1) is 0 Å². The van der Waals surface area contributed by atoms with Crippen molar-refractivity contribution in [1.82, 2.24) is 9.80 Å². The van der Waals surface area contributed by atoms with E-state index in [2.05, 4.69) is 11.0 Å². The van der Waals surface area contributed by atoms with E-state index in [1.54, 1.807) is 0 Å². The van der Waals surface area contributed by atoms with E-state index in [-0.39, 0.29) is 5.91 Å². The van der Waals surface area contributed by atoms with Crippen LogP contribution < -0.4 is 0 Å². The van der Waals surface area contributed by atoms with Crippen LogP contribution in [-0.4, -0.2) is 41.9 Å². The molecule has 0 unspecified atom stereocenters. The molecule has 0 spiro atoms. The molecule has 2 heterocycles. The number of likely N-dealkylation sites (tertiary alicyclic amines) is 2. The standard InChI is InChI=1S/C16H22N2O/c19-16(18-11-5-6-12-18)15-8-2-1-7-14(15)13-17-9-3-4-10-17/h1-2,7-8H,3-6,9-13H2. The lowest BCUT2D eigenvalue weighted by atomic mass is 10.1. The van der Waals surface area contributed by atoms with E-state index in [9.17, 15) is 4.79 Å². The molecule has 102 valence electrons. The Morgan fingerprint density at radius 3 is 2.32 bits per heavy atom. The molecule has 3 rings (SSSR count). The highest BCUT2D eigenvalue weighted by Crippen LogP contribution is 2.19. The van der Waals surface area contributed by atoms with E-state index >= 15 is 0 Å². The number of carbonyl (C=O) groups excluding carboxylic acids is 1. The molecule has 19 heavy (non-hydrogen) atoms. The summed E-state index contributed by atoms with van der Waals surface area (Å²) in [5, 5.41) is 0. The summed E-state index contributed by atoms with van der Waals surface area (Å²) >= 11 is 0. The zero-order valence-electron chi connectivity index (χ0n) is 11.5. The lowest BCUT2D eigenvalue weighted by Gasteiger charge is -2.20. The van der Waals surface area contributed by atoms with Crippen molar-refractivity contribution < 1.29 is 4.79 Å². The molecule has 0 atom stereocenters. The lowest BCUT2D eigenvalue weighted by molar-refractivity contribution is 0.0790. The number of amides is 1. The average Bonchev–Trinajstić information content (AvgIpc) is 3.11. The van der Waals surface area contributed by atoms with Gasteiger partial charge in [-0.05, 0) is 50.4 Å². The van der Waals surface area contributed by atoms with Crippen molar-refractivity contribution in [3.05, 3.63) is 35.4 Å². The summed E-state index contributed by atoms with van der Waals surface area (Å²) in [5.74, 6) is 0.229. The third-order valence-electron chi connectivity index (χ3n) is 4.23. The van der Waals surface area contributed by atoms with Gasteiger partial charge in [-0.25, -0.2) is 0 Å². The molecule has 0 radical (unpaired) electrons. The summed E-state index contributed by atoms with van der Waals surface area (Å²) in [4.78, 5) is 17.0. The Morgan fingerprint density at radius 1 is 0.947 bits per heavy atom. The predicted octanol–water partition coefficient (Wildman–Crippen LogP) is 2.52. The summed E-state index contributed by atoms with van der Waals surface area (Å²) in [6, 6.07) is 8.14. The van der Waals surface area contributed by atoms with E-state index in [0.29, 0.717) is 0 Å². The second-order valence-corrected chi connectivity index (χ2v) is 5.64. The SMILES string of the molecule is O=C(c1ccccc1CN1CCCC1)N1CCCC1. The van der Waals surface area contributed by atoms with Gasteiger partial charge in [0.15, 0.2) is 0 Å². The first-order chi connectivity index (χ1) is 9.34. The van der Waals surface area contributed by atoms with Gasteiger partial charge in [0, 0.05) is 25.2 Å². The molecule has 2 saturated heterocycles. The zero-order chi connectivity index (χ0) is 13.1. The van der Waals surface area contributed by atoms with Crippen LogP contribution in [0.25, 0.3) is 0 Å². The fraction of sp³-hybridized carbons (Fsp3) is 0.562. The number of hydrogen-bond donors (Lipinski definition) is 0. The molecule has 2 fully saturated rings. The summed E-state index contributed by atoms with van der Waals surface area (Å²) in [5.41, 5.74) is 2.11. The number of rotatable bonds is 3. The first-order valence-electron chi connectivity index (χ1n) is 7.44. The maximum Gasteiger partial charge on any atom is 0.254 e. The summed E-state index contributed by atoms with van der Waals surface area (Å²) in [6.07, 6.45) is 4.89. The molecular weight excluding hydrogens is 236 g/mol. The first-order valence-corrected chi connectivity index (χ1v) is 7.44. The van der Waals surface area contributed by atoms with Gasteiger partial charge < -0.3 is 4.90 Å². The van der Waals surface area contributed by atoms with Crippen LogP contribution in [0.15, 0.2) is 24.3 Å². The summed E-state index contributed by atoms with van der Waals surface area (Å²) < 4.78 is 0. The molecule has 2 aliphatic rings. The highest BCUT2D eigenvalue weighted by atomic mass is 16.2. The summed E-state index contributed by atoms with van der Waals surface area (Å²) in [6.45, 7) is 5.13. The minimum absolute atomic E-state index is 0.229. The molecule has 0 aromatic heterocycles.